The summed E-state index contributed by atoms with van der Waals surface area (Å²) in [6, 6.07) is 3.86. The highest BCUT2D eigenvalue weighted by Gasteiger charge is 2.33. The van der Waals surface area contributed by atoms with Crippen molar-refractivity contribution in [3.8, 4) is 5.75 Å². The van der Waals surface area contributed by atoms with Crippen LogP contribution in [0.2, 0.25) is 0 Å². The first-order valence-electron chi connectivity index (χ1n) is 4.85. The van der Waals surface area contributed by atoms with Crippen LogP contribution in [0.5, 0.6) is 5.75 Å². The first-order chi connectivity index (χ1) is 7.34. The zero-order valence-corrected chi connectivity index (χ0v) is 9.14. The van der Waals surface area contributed by atoms with Gasteiger partial charge in [0.2, 0.25) is 0 Å². The lowest BCUT2D eigenvalue weighted by Gasteiger charge is -2.14. The average Bonchev–Trinajstić information content (AvgIpc) is 2.15. The largest absolute Gasteiger partial charge is 0.491 e. The van der Waals surface area contributed by atoms with Crippen molar-refractivity contribution in [1.82, 2.24) is 0 Å². The van der Waals surface area contributed by atoms with Gasteiger partial charge >= 0.3 is 6.18 Å². The maximum atomic E-state index is 12.6. The van der Waals surface area contributed by atoms with E-state index in [1.807, 2.05) is 0 Å². The number of hydrogen-bond acceptors (Lipinski definition) is 1. The standard InChI is InChI=1S/C12H13F3O/c1-4-9-5-6-10(16-8(2)3)7-11(9)12(13,14)15/h4-8H,1H2,2-3H3. The number of halogens is 3. The fourth-order valence-electron chi connectivity index (χ4n) is 1.30. The van der Waals surface area contributed by atoms with Gasteiger partial charge in [0.1, 0.15) is 5.75 Å². The summed E-state index contributed by atoms with van der Waals surface area (Å²) in [5, 5.41) is 0. The van der Waals surface area contributed by atoms with Crippen molar-refractivity contribution in [3.63, 3.8) is 0 Å². The molecular formula is C12H13F3O. The van der Waals surface area contributed by atoms with Crippen LogP contribution in [0.15, 0.2) is 24.8 Å². The minimum atomic E-state index is -4.39. The Hall–Kier alpha value is -1.45. The normalized spacial score (nSPS) is 11.6. The van der Waals surface area contributed by atoms with Crippen LogP contribution in [0.25, 0.3) is 6.08 Å². The summed E-state index contributed by atoms with van der Waals surface area (Å²) < 4.78 is 43.2. The highest BCUT2D eigenvalue weighted by molar-refractivity contribution is 5.55. The molecule has 0 saturated carbocycles. The molecule has 0 aliphatic heterocycles. The van der Waals surface area contributed by atoms with Crippen molar-refractivity contribution in [2.24, 2.45) is 0 Å². The molecule has 0 unspecified atom stereocenters. The first-order valence-corrected chi connectivity index (χ1v) is 4.85. The molecule has 1 aromatic carbocycles. The van der Waals surface area contributed by atoms with Crippen LogP contribution in [0.3, 0.4) is 0 Å². The molecule has 0 heterocycles. The van der Waals surface area contributed by atoms with Gasteiger partial charge in [-0.2, -0.15) is 13.2 Å². The monoisotopic (exact) mass is 230 g/mol. The van der Waals surface area contributed by atoms with Gasteiger partial charge in [-0.15, -0.1) is 0 Å². The van der Waals surface area contributed by atoms with Gasteiger partial charge in [-0.1, -0.05) is 18.7 Å². The molecule has 0 aliphatic rings. The maximum Gasteiger partial charge on any atom is 0.417 e. The summed E-state index contributed by atoms with van der Waals surface area (Å²) in [5.74, 6) is 0.216. The van der Waals surface area contributed by atoms with Crippen LogP contribution >= 0.6 is 0 Å². The van der Waals surface area contributed by atoms with E-state index in [1.54, 1.807) is 13.8 Å². The molecule has 0 aromatic heterocycles. The van der Waals surface area contributed by atoms with Crippen LogP contribution in [0, 0.1) is 0 Å². The molecule has 1 nitrogen and oxygen atoms in total. The molecular weight excluding hydrogens is 217 g/mol. The van der Waals surface area contributed by atoms with Crippen molar-refractivity contribution in [1.29, 1.82) is 0 Å². The molecule has 0 amide bonds. The Bertz CT molecular complexity index is 380. The molecule has 0 aliphatic carbocycles. The summed E-state index contributed by atoms with van der Waals surface area (Å²) in [7, 11) is 0. The van der Waals surface area contributed by atoms with Crippen molar-refractivity contribution in [3.05, 3.63) is 35.9 Å². The van der Waals surface area contributed by atoms with Gasteiger partial charge < -0.3 is 4.74 Å². The number of rotatable bonds is 3. The first kappa shape index (κ1) is 12.6. The van der Waals surface area contributed by atoms with Crippen LogP contribution in [-0.4, -0.2) is 6.10 Å². The lowest BCUT2D eigenvalue weighted by atomic mass is 10.1. The lowest BCUT2D eigenvalue weighted by molar-refractivity contribution is -0.137. The van der Waals surface area contributed by atoms with Crippen LogP contribution in [0.1, 0.15) is 25.0 Å². The van der Waals surface area contributed by atoms with Crippen molar-refractivity contribution >= 4 is 6.08 Å². The molecule has 0 fully saturated rings. The highest BCUT2D eigenvalue weighted by atomic mass is 19.4. The Morgan fingerprint density at radius 3 is 2.38 bits per heavy atom. The van der Waals surface area contributed by atoms with Gasteiger partial charge in [-0.05, 0) is 31.5 Å². The number of benzene rings is 1. The predicted octanol–water partition coefficient (Wildman–Crippen LogP) is 4.14. The smallest absolute Gasteiger partial charge is 0.417 e. The highest BCUT2D eigenvalue weighted by Crippen LogP contribution is 2.35. The van der Waals surface area contributed by atoms with Crippen molar-refractivity contribution in [2.45, 2.75) is 26.1 Å². The maximum absolute atomic E-state index is 12.6. The van der Waals surface area contributed by atoms with Gasteiger partial charge in [-0.25, -0.2) is 0 Å². The molecule has 1 aromatic rings. The molecule has 1 rings (SSSR count). The van der Waals surface area contributed by atoms with Crippen LogP contribution in [0.4, 0.5) is 13.2 Å². The van der Waals surface area contributed by atoms with E-state index in [0.29, 0.717) is 0 Å². The summed E-state index contributed by atoms with van der Waals surface area (Å²) in [4.78, 5) is 0. The summed E-state index contributed by atoms with van der Waals surface area (Å²) >= 11 is 0. The topological polar surface area (TPSA) is 9.23 Å². The zero-order valence-electron chi connectivity index (χ0n) is 9.14. The Morgan fingerprint density at radius 2 is 1.94 bits per heavy atom. The van der Waals surface area contributed by atoms with E-state index in [2.05, 4.69) is 6.58 Å². The molecule has 88 valence electrons. The van der Waals surface area contributed by atoms with E-state index in [1.165, 1.54) is 18.2 Å². The van der Waals surface area contributed by atoms with Gasteiger partial charge in [0.05, 0.1) is 11.7 Å². The van der Waals surface area contributed by atoms with Crippen LogP contribution < -0.4 is 4.74 Å². The third-order valence-corrected chi connectivity index (χ3v) is 1.92. The molecule has 0 radical (unpaired) electrons. The zero-order chi connectivity index (χ0) is 12.3. The van der Waals surface area contributed by atoms with E-state index in [4.69, 9.17) is 4.74 Å². The predicted molar refractivity (Wildman–Crippen MR) is 57.3 cm³/mol. The van der Waals surface area contributed by atoms with Crippen LogP contribution in [-0.2, 0) is 6.18 Å². The number of hydrogen-bond donors (Lipinski definition) is 0. The molecule has 0 bridgehead atoms. The molecule has 0 saturated heterocycles. The van der Waals surface area contributed by atoms with E-state index < -0.39 is 11.7 Å². The van der Waals surface area contributed by atoms with E-state index in [9.17, 15) is 13.2 Å². The second kappa shape index (κ2) is 4.60. The molecule has 0 atom stereocenters. The Morgan fingerprint density at radius 1 is 1.31 bits per heavy atom. The third-order valence-electron chi connectivity index (χ3n) is 1.92. The van der Waals surface area contributed by atoms with Crippen molar-refractivity contribution in [2.75, 3.05) is 0 Å². The van der Waals surface area contributed by atoms with Gasteiger partial charge in [0.15, 0.2) is 0 Å². The second-order valence-corrected chi connectivity index (χ2v) is 3.62. The second-order valence-electron chi connectivity index (χ2n) is 3.62. The summed E-state index contributed by atoms with van der Waals surface area (Å²) in [6.07, 6.45) is -3.36. The SMILES string of the molecule is C=Cc1ccc(OC(C)C)cc1C(F)(F)F. The van der Waals surface area contributed by atoms with Gasteiger partial charge in [0, 0.05) is 0 Å². The van der Waals surface area contributed by atoms with Crippen molar-refractivity contribution < 1.29 is 17.9 Å². The van der Waals surface area contributed by atoms with E-state index >= 15 is 0 Å². The molecule has 16 heavy (non-hydrogen) atoms. The summed E-state index contributed by atoms with van der Waals surface area (Å²) in [5.41, 5.74) is -0.663. The number of alkyl halides is 3. The molecule has 0 spiro atoms. The number of ether oxygens (including phenoxy) is 1. The Kier molecular flexibility index (Phi) is 3.62. The quantitative estimate of drug-likeness (QED) is 0.758. The fraction of sp³-hybridized carbons (Fsp3) is 0.333. The lowest BCUT2D eigenvalue weighted by Crippen LogP contribution is -2.10. The Balaban J connectivity index is 3.16. The van der Waals surface area contributed by atoms with Gasteiger partial charge in [-0.3, -0.25) is 0 Å². The molecule has 4 heteroatoms. The fourth-order valence-corrected chi connectivity index (χ4v) is 1.30. The van der Waals surface area contributed by atoms with E-state index in [0.717, 1.165) is 6.07 Å². The minimum Gasteiger partial charge on any atom is -0.491 e. The molecule has 0 N–H and O–H groups in total. The summed E-state index contributed by atoms with van der Waals surface area (Å²) in [6.45, 7) is 6.87. The minimum absolute atomic E-state index is 0.0589. The van der Waals surface area contributed by atoms with Gasteiger partial charge in [0.25, 0.3) is 0 Å². The third kappa shape index (κ3) is 3.02. The average molecular weight is 230 g/mol. The van der Waals surface area contributed by atoms with E-state index in [-0.39, 0.29) is 17.4 Å². The Labute approximate surface area is 92.5 Å².